The molecule has 1 aliphatic heterocycles. The second-order valence-corrected chi connectivity index (χ2v) is 5.72. The summed E-state index contributed by atoms with van der Waals surface area (Å²) in [6.45, 7) is 12.5. The van der Waals surface area contributed by atoms with Gasteiger partial charge in [0, 0.05) is 30.5 Å². The molecule has 2 heterocycles. The monoisotopic (exact) mass is 232 g/mol. The molecular weight excluding hydrogens is 208 g/mol. The fraction of sp³-hybridized carbons (Fsp3) is 0.667. The maximum atomic E-state index is 4.58. The Morgan fingerprint density at radius 3 is 2.59 bits per heavy atom. The summed E-state index contributed by atoms with van der Waals surface area (Å²) < 4.78 is 0. The zero-order chi connectivity index (χ0) is 12.6. The summed E-state index contributed by atoms with van der Waals surface area (Å²) in [5.74, 6) is 0.516. The topological polar surface area (TPSA) is 16.1 Å². The molecule has 1 aliphatic rings. The molecule has 2 heteroatoms. The van der Waals surface area contributed by atoms with Crippen LogP contribution >= 0.6 is 0 Å². The van der Waals surface area contributed by atoms with Crippen molar-refractivity contribution in [2.45, 2.75) is 59.0 Å². The van der Waals surface area contributed by atoms with Crippen molar-refractivity contribution in [1.29, 1.82) is 0 Å². The average Bonchev–Trinajstić information content (AvgIpc) is 2.28. The molecule has 0 aliphatic carbocycles. The van der Waals surface area contributed by atoms with Gasteiger partial charge in [0.1, 0.15) is 0 Å². The highest BCUT2D eigenvalue weighted by Gasteiger charge is 2.26. The normalized spacial score (nSPS) is 21.0. The highest BCUT2D eigenvalue weighted by Crippen LogP contribution is 2.31. The largest absolute Gasteiger partial charge is 0.294 e. The predicted octanol–water partition coefficient (Wildman–Crippen LogP) is 3.53. The lowest BCUT2D eigenvalue weighted by Gasteiger charge is -2.38. The summed E-state index contributed by atoms with van der Waals surface area (Å²) in [5, 5.41) is 0. The number of pyridine rings is 1. The van der Waals surface area contributed by atoms with Gasteiger partial charge in [0.25, 0.3) is 0 Å². The maximum absolute atomic E-state index is 4.58. The van der Waals surface area contributed by atoms with Crippen LogP contribution in [0.1, 0.15) is 63.4 Å². The quantitative estimate of drug-likeness (QED) is 0.775. The molecule has 2 nitrogen and oxygen atoms in total. The van der Waals surface area contributed by atoms with Gasteiger partial charge in [0.2, 0.25) is 0 Å². The molecule has 0 aromatic carbocycles. The summed E-state index contributed by atoms with van der Waals surface area (Å²) >= 11 is 0. The molecule has 2 rings (SSSR count). The van der Waals surface area contributed by atoms with E-state index >= 15 is 0 Å². The van der Waals surface area contributed by atoms with Crippen LogP contribution in [-0.2, 0) is 6.42 Å². The first-order valence-corrected chi connectivity index (χ1v) is 6.75. The summed E-state index contributed by atoms with van der Waals surface area (Å²) in [5.41, 5.74) is 4.16. The van der Waals surface area contributed by atoms with Crippen molar-refractivity contribution < 1.29 is 0 Å². The number of hydrogen-bond donors (Lipinski definition) is 0. The molecule has 0 amide bonds. The van der Waals surface area contributed by atoms with Gasteiger partial charge >= 0.3 is 0 Å². The second kappa shape index (κ2) is 4.77. The van der Waals surface area contributed by atoms with E-state index in [-0.39, 0.29) is 0 Å². The van der Waals surface area contributed by atoms with Crippen LogP contribution < -0.4 is 0 Å². The van der Waals surface area contributed by atoms with E-state index in [1.165, 1.54) is 16.8 Å². The molecule has 0 spiro atoms. The average molecular weight is 232 g/mol. The second-order valence-electron chi connectivity index (χ2n) is 5.72. The zero-order valence-electron chi connectivity index (χ0n) is 11.7. The summed E-state index contributed by atoms with van der Waals surface area (Å²) in [7, 11) is 0. The van der Waals surface area contributed by atoms with Crippen LogP contribution in [0, 0.1) is 0 Å². The van der Waals surface area contributed by atoms with E-state index in [0.29, 0.717) is 18.0 Å². The van der Waals surface area contributed by atoms with Gasteiger partial charge in [-0.2, -0.15) is 0 Å². The SMILES string of the molecule is CC(C)c1cc2c(cn1)CCN(C(C)C)C2C. The Bertz CT molecular complexity index is 396. The van der Waals surface area contributed by atoms with Crippen LogP contribution in [0.15, 0.2) is 12.3 Å². The summed E-state index contributed by atoms with van der Waals surface area (Å²) in [6.07, 6.45) is 3.24. The summed E-state index contributed by atoms with van der Waals surface area (Å²) in [6, 6.07) is 3.47. The van der Waals surface area contributed by atoms with E-state index in [2.05, 4.69) is 56.8 Å². The van der Waals surface area contributed by atoms with E-state index in [0.717, 1.165) is 13.0 Å². The van der Waals surface area contributed by atoms with Gasteiger partial charge in [-0.15, -0.1) is 0 Å². The standard InChI is InChI=1S/C15H24N2/c1-10(2)15-8-14-12(5)17(11(3)4)7-6-13(14)9-16-15/h8-12H,6-7H2,1-5H3. The Kier molecular flexibility index (Phi) is 3.53. The minimum absolute atomic E-state index is 0.516. The minimum Gasteiger partial charge on any atom is -0.294 e. The Morgan fingerprint density at radius 1 is 1.29 bits per heavy atom. The molecule has 0 fully saturated rings. The molecule has 17 heavy (non-hydrogen) atoms. The van der Waals surface area contributed by atoms with Gasteiger partial charge in [-0.3, -0.25) is 9.88 Å². The molecule has 0 radical (unpaired) electrons. The third-order valence-electron chi connectivity index (χ3n) is 3.89. The Morgan fingerprint density at radius 2 is 2.00 bits per heavy atom. The molecule has 0 bridgehead atoms. The molecule has 1 aromatic heterocycles. The van der Waals surface area contributed by atoms with Crippen LogP contribution in [0.5, 0.6) is 0 Å². The van der Waals surface area contributed by atoms with Crippen molar-refractivity contribution in [2.75, 3.05) is 6.54 Å². The number of hydrogen-bond acceptors (Lipinski definition) is 2. The lowest BCUT2D eigenvalue weighted by molar-refractivity contribution is 0.154. The van der Waals surface area contributed by atoms with E-state index in [1.54, 1.807) is 0 Å². The lowest BCUT2D eigenvalue weighted by Crippen LogP contribution is -2.39. The van der Waals surface area contributed by atoms with Gasteiger partial charge < -0.3 is 0 Å². The van der Waals surface area contributed by atoms with Gasteiger partial charge in [-0.25, -0.2) is 0 Å². The fourth-order valence-corrected chi connectivity index (χ4v) is 2.76. The van der Waals surface area contributed by atoms with Gasteiger partial charge in [-0.05, 0) is 50.3 Å². The molecule has 0 saturated carbocycles. The van der Waals surface area contributed by atoms with Crippen molar-refractivity contribution in [3.8, 4) is 0 Å². The first kappa shape index (κ1) is 12.6. The molecule has 0 N–H and O–H groups in total. The lowest BCUT2D eigenvalue weighted by atomic mass is 9.92. The fourth-order valence-electron chi connectivity index (χ4n) is 2.76. The van der Waals surface area contributed by atoms with Gasteiger partial charge in [-0.1, -0.05) is 13.8 Å². The van der Waals surface area contributed by atoms with Crippen molar-refractivity contribution in [2.24, 2.45) is 0 Å². The summed E-state index contributed by atoms with van der Waals surface area (Å²) in [4.78, 5) is 7.15. The highest BCUT2D eigenvalue weighted by atomic mass is 15.2. The van der Waals surface area contributed by atoms with Crippen LogP contribution in [0.4, 0.5) is 0 Å². The zero-order valence-corrected chi connectivity index (χ0v) is 11.7. The molecule has 1 aromatic rings. The third kappa shape index (κ3) is 2.37. The number of rotatable bonds is 2. The van der Waals surface area contributed by atoms with Crippen LogP contribution in [0.3, 0.4) is 0 Å². The van der Waals surface area contributed by atoms with Crippen molar-refractivity contribution in [3.63, 3.8) is 0 Å². The van der Waals surface area contributed by atoms with Crippen LogP contribution in [-0.4, -0.2) is 22.5 Å². The number of fused-ring (bicyclic) bond motifs is 1. The van der Waals surface area contributed by atoms with E-state index in [1.807, 2.05) is 0 Å². The number of aromatic nitrogens is 1. The Labute approximate surface area is 105 Å². The third-order valence-corrected chi connectivity index (χ3v) is 3.89. The van der Waals surface area contributed by atoms with E-state index in [9.17, 15) is 0 Å². The van der Waals surface area contributed by atoms with Crippen LogP contribution in [0.2, 0.25) is 0 Å². The number of nitrogens with zero attached hydrogens (tertiary/aromatic N) is 2. The molecule has 1 unspecified atom stereocenters. The first-order valence-electron chi connectivity index (χ1n) is 6.75. The van der Waals surface area contributed by atoms with E-state index < -0.39 is 0 Å². The Balaban J connectivity index is 2.36. The molecule has 94 valence electrons. The van der Waals surface area contributed by atoms with Crippen molar-refractivity contribution >= 4 is 0 Å². The molecule has 0 saturated heterocycles. The highest BCUT2D eigenvalue weighted by molar-refractivity contribution is 5.32. The maximum Gasteiger partial charge on any atom is 0.0432 e. The van der Waals surface area contributed by atoms with E-state index in [4.69, 9.17) is 0 Å². The van der Waals surface area contributed by atoms with Crippen LogP contribution in [0.25, 0.3) is 0 Å². The minimum atomic E-state index is 0.516. The first-order chi connectivity index (χ1) is 8.00. The van der Waals surface area contributed by atoms with Gasteiger partial charge in [0.15, 0.2) is 0 Å². The van der Waals surface area contributed by atoms with Crippen molar-refractivity contribution in [3.05, 3.63) is 29.1 Å². The Hall–Kier alpha value is -0.890. The predicted molar refractivity (Wildman–Crippen MR) is 72.3 cm³/mol. The van der Waals surface area contributed by atoms with Gasteiger partial charge in [0.05, 0.1) is 0 Å². The van der Waals surface area contributed by atoms with Crippen molar-refractivity contribution in [1.82, 2.24) is 9.88 Å². The smallest absolute Gasteiger partial charge is 0.0432 e. The molecular formula is C15H24N2. The molecule has 1 atom stereocenters.